The summed E-state index contributed by atoms with van der Waals surface area (Å²) in [7, 11) is 1.90. The minimum atomic E-state index is 0.295. The van der Waals surface area contributed by atoms with Crippen LogP contribution in [-0.4, -0.2) is 28.0 Å². The molecule has 0 aliphatic rings. The monoisotopic (exact) mass is 183 g/mol. The highest BCUT2D eigenvalue weighted by molar-refractivity contribution is 5.31. The Labute approximate surface area is 78.6 Å². The van der Waals surface area contributed by atoms with Crippen molar-refractivity contribution in [2.75, 3.05) is 18.5 Å². The molecule has 1 aromatic heterocycles. The number of nitrogens with zero attached hydrogens (tertiary/aromatic N) is 2. The Morgan fingerprint density at radius 3 is 2.92 bits per heavy atom. The largest absolute Gasteiger partial charge is 0.396 e. The Morgan fingerprint density at radius 1 is 1.46 bits per heavy atom. The van der Waals surface area contributed by atoms with Gasteiger partial charge in [-0.2, -0.15) is 5.10 Å². The molecule has 4 nitrogen and oxygen atoms in total. The average molecular weight is 183 g/mol. The maximum atomic E-state index is 8.55. The molecule has 1 rings (SSSR count). The quantitative estimate of drug-likeness (QED) is 0.647. The molecule has 0 aliphatic carbocycles. The van der Waals surface area contributed by atoms with Crippen LogP contribution < -0.4 is 5.32 Å². The van der Waals surface area contributed by atoms with E-state index in [0.717, 1.165) is 31.6 Å². The van der Waals surface area contributed by atoms with Crippen molar-refractivity contribution in [1.82, 2.24) is 9.78 Å². The van der Waals surface area contributed by atoms with Crippen molar-refractivity contribution in [2.45, 2.75) is 19.3 Å². The zero-order chi connectivity index (χ0) is 9.52. The molecular weight excluding hydrogens is 166 g/mol. The van der Waals surface area contributed by atoms with Crippen LogP contribution in [0.15, 0.2) is 12.3 Å². The number of hydrogen-bond acceptors (Lipinski definition) is 3. The van der Waals surface area contributed by atoms with Crippen LogP contribution in [0.3, 0.4) is 0 Å². The molecule has 0 spiro atoms. The van der Waals surface area contributed by atoms with Crippen LogP contribution in [0.1, 0.15) is 19.3 Å². The predicted octanol–water partition coefficient (Wildman–Crippen LogP) is 0.995. The molecule has 0 unspecified atom stereocenters. The summed E-state index contributed by atoms with van der Waals surface area (Å²) in [5, 5.41) is 15.9. The van der Waals surface area contributed by atoms with Crippen molar-refractivity contribution in [3.05, 3.63) is 12.3 Å². The summed E-state index contributed by atoms with van der Waals surface area (Å²) < 4.78 is 1.77. The predicted molar refractivity (Wildman–Crippen MR) is 52.6 cm³/mol. The van der Waals surface area contributed by atoms with E-state index in [4.69, 9.17) is 5.11 Å². The highest BCUT2D eigenvalue weighted by atomic mass is 16.2. The molecule has 0 saturated carbocycles. The van der Waals surface area contributed by atoms with Gasteiger partial charge < -0.3 is 10.4 Å². The van der Waals surface area contributed by atoms with Crippen molar-refractivity contribution in [2.24, 2.45) is 7.05 Å². The Bertz CT molecular complexity index is 235. The molecule has 0 radical (unpaired) electrons. The van der Waals surface area contributed by atoms with Gasteiger partial charge in [0.15, 0.2) is 0 Å². The molecule has 4 heteroatoms. The molecular formula is C9H17N3O. The number of aryl methyl sites for hydroxylation is 1. The summed E-state index contributed by atoms with van der Waals surface area (Å²) >= 11 is 0. The van der Waals surface area contributed by atoms with E-state index in [1.807, 2.05) is 19.3 Å². The summed E-state index contributed by atoms with van der Waals surface area (Å²) in [6.07, 6.45) is 4.95. The third-order valence-electron chi connectivity index (χ3n) is 1.85. The molecule has 0 aliphatic heterocycles. The number of unbranched alkanes of at least 4 members (excludes halogenated alkanes) is 2. The molecule has 0 aromatic carbocycles. The standard InChI is InChI=1S/C9H17N3O/c1-12-7-5-9(11-12)10-6-3-2-4-8-13/h5,7,13H,2-4,6,8H2,1H3,(H,10,11). The van der Waals surface area contributed by atoms with Crippen LogP contribution in [0.25, 0.3) is 0 Å². The third-order valence-corrected chi connectivity index (χ3v) is 1.85. The zero-order valence-electron chi connectivity index (χ0n) is 8.03. The van der Waals surface area contributed by atoms with Gasteiger partial charge in [0, 0.05) is 32.5 Å². The van der Waals surface area contributed by atoms with Gasteiger partial charge in [0.25, 0.3) is 0 Å². The minimum absolute atomic E-state index is 0.295. The van der Waals surface area contributed by atoms with Gasteiger partial charge in [-0.25, -0.2) is 0 Å². The van der Waals surface area contributed by atoms with Crippen molar-refractivity contribution in [3.63, 3.8) is 0 Å². The fraction of sp³-hybridized carbons (Fsp3) is 0.667. The van der Waals surface area contributed by atoms with E-state index >= 15 is 0 Å². The smallest absolute Gasteiger partial charge is 0.147 e. The van der Waals surface area contributed by atoms with Crippen LogP contribution in [-0.2, 0) is 7.05 Å². The van der Waals surface area contributed by atoms with Gasteiger partial charge in [0.05, 0.1) is 0 Å². The number of aliphatic hydroxyl groups is 1. The molecule has 0 atom stereocenters. The normalized spacial score (nSPS) is 10.3. The molecule has 0 amide bonds. The number of hydrogen-bond donors (Lipinski definition) is 2. The van der Waals surface area contributed by atoms with E-state index < -0.39 is 0 Å². The fourth-order valence-corrected chi connectivity index (χ4v) is 1.14. The average Bonchev–Trinajstić information content (AvgIpc) is 2.51. The maximum Gasteiger partial charge on any atom is 0.147 e. The van der Waals surface area contributed by atoms with E-state index in [2.05, 4.69) is 10.4 Å². The summed E-state index contributed by atoms with van der Waals surface area (Å²) in [6, 6.07) is 1.95. The second-order valence-electron chi connectivity index (χ2n) is 3.09. The molecule has 0 bridgehead atoms. The first-order valence-electron chi connectivity index (χ1n) is 4.67. The lowest BCUT2D eigenvalue weighted by Crippen LogP contribution is -2.02. The van der Waals surface area contributed by atoms with E-state index in [-0.39, 0.29) is 0 Å². The fourth-order valence-electron chi connectivity index (χ4n) is 1.14. The molecule has 13 heavy (non-hydrogen) atoms. The number of anilines is 1. The van der Waals surface area contributed by atoms with Crippen LogP contribution in [0.4, 0.5) is 5.82 Å². The summed E-state index contributed by atoms with van der Waals surface area (Å²) in [6.45, 7) is 1.22. The van der Waals surface area contributed by atoms with Gasteiger partial charge in [-0.3, -0.25) is 4.68 Å². The van der Waals surface area contributed by atoms with Crippen LogP contribution in [0.2, 0.25) is 0 Å². The van der Waals surface area contributed by atoms with Gasteiger partial charge in [-0.1, -0.05) is 0 Å². The molecule has 1 heterocycles. The van der Waals surface area contributed by atoms with Crippen LogP contribution >= 0.6 is 0 Å². The van der Waals surface area contributed by atoms with E-state index in [1.165, 1.54) is 0 Å². The van der Waals surface area contributed by atoms with Gasteiger partial charge >= 0.3 is 0 Å². The number of rotatable bonds is 6. The van der Waals surface area contributed by atoms with Crippen molar-refractivity contribution < 1.29 is 5.11 Å². The van der Waals surface area contributed by atoms with Gasteiger partial charge in [-0.05, 0) is 19.3 Å². The van der Waals surface area contributed by atoms with E-state index in [0.29, 0.717) is 6.61 Å². The Hall–Kier alpha value is -1.03. The number of aliphatic hydroxyl groups excluding tert-OH is 1. The zero-order valence-corrected chi connectivity index (χ0v) is 8.03. The number of aromatic nitrogens is 2. The summed E-state index contributed by atoms with van der Waals surface area (Å²) in [4.78, 5) is 0. The van der Waals surface area contributed by atoms with E-state index in [1.54, 1.807) is 4.68 Å². The lowest BCUT2D eigenvalue weighted by Gasteiger charge is -2.01. The van der Waals surface area contributed by atoms with Crippen LogP contribution in [0.5, 0.6) is 0 Å². The Morgan fingerprint density at radius 2 is 2.31 bits per heavy atom. The lowest BCUT2D eigenvalue weighted by atomic mass is 10.2. The molecule has 0 fully saturated rings. The van der Waals surface area contributed by atoms with Gasteiger partial charge in [-0.15, -0.1) is 0 Å². The molecule has 2 N–H and O–H groups in total. The van der Waals surface area contributed by atoms with Crippen molar-refractivity contribution in [1.29, 1.82) is 0 Å². The Balaban J connectivity index is 2.06. The highest BCUT2D eigenvalue weighted by Gasteiger charge is 1.93. The topological polar surface area (TPSA) is 50.1 Å². The van der Waals surface area contributed by atoms with Gasteiger partial charge in [0.2, 0.25) is 0 Å². The van der Waals surface area contributed by atoms with Crippen LogP contribution in [0, 0.1) is 0 Å². The van der Waals surface area contributed by atoms with Crippen molar-refractivity contribution >= 4 is 5.82 Å². The first-order valence-corrected chi connectivity index (χ1v) is 4.67. The molecule has 1 aromatic rings. The second-order valence-corrected chi connectivity index (χ2v) is 3.09. The third kappa shape index (κ3) is 3.94. The van der Waals surface area contributed by atoms with Gasteiger partial charge in [0.1, 0.15) is 5.82 Å². The SMILES string of the molecule is Cn1ccc(NCCCCCO)n1. The van der Waals surface area contributed by atoms with E-state index in [9.17, 15) is 0 Å². The number of nitrogens with one attached hydrogen (secondary N) is 1. The van der Waals surface area contributed by atoms with Crippen molar-refractivity contribution in [3.8, 4) is 0 Å². The first-order chi connectivity index (χ1) is 6.33. The first kappa shape index (κ1) is 10.1. The summed E-state index contributed by atoms with van der Waals surface area (Å²) in [5.41, 5.74) is 0. The molecule has 0 saturated heterocycles. The minimum Gasteiger partial charge on any atom is -0.396 e. The highest BCUT2D eigenvalue weighted by Crippen LogP contribution is 2.01. The second kappa shape index (κ2) is 5.59. The Kier molecular flexibility index (Phi) is 4.32. The maximum absolute atomic E-state index is 8.55. The lowest BCUT2D eigenvalue weighted by molar-refractivity contribution is 0.283. The summed E-state index contributed by atoms with van der Waals surface area (Å²) in [5.74, 6) is 0.923. The molecule has 74 valence electrons.